The van der Waals surface area contributed by atoms with E-state index in [-0.39, 0.29) is 23.3 Å². The Morgan fingerprint density at radius 2 is 2.14 bits per heavy atom. The van der Waals surface area contributed by atoms with Gasteiger partial charge in [-0.3, -0.25) is 9.59 Å². The van der Waals surface area contributed by atoms with Crippen LogP contribution in [0.15, 0.2) is 16.0 Å². The zero-order valence-electron chi connectivity index (χ0n) is 13.8. The number of aromatic amines is 1. The third-order valence-electron chi connectivity index (χ3n) is 3.27. The van der Waals surface area contributed by atoms with Crippen LogP contribution in [0.3, 0.4) is 0 Å². The molecule has 0 aliphatic carbocycles. The molecule has 0 aromatic carbocycles. The number of unbranched alkanes of at least 4 members (excludes halogenated alkanes) is 2. The minimum atomic E-state index is -0.158. The standard InChI is InChI=1S/C16H27N3O2S/c1-4-6-7-9-12(3)17-15(21)11-22-16-18-13(8-5-2)10-14(20)19-16/h10,12H,4-9,11H2,1-3H3,(H,17,21)(H,18,19,20)/t12-/m0/s1. The van der Waals surface area contributed by atoms with Gasteiger partial charge in [0.05, 0.1) is 5.75 Å². The lowest BCUT2D eigenvalue weighted by Crippen LogP contribution is -2.33. The van der Waals surface area contributed by atoms with Crippen molar-refractivity contribution in [3.8, 4) is 0 Å². The Hall–Kier alpha value is -1.30. The topological polar surface area (TPSA) is 74.8 Å². The van der Waals surface area contributed by atoms with Crippen molar-refractivity contribution in [1.29, 1.82) is 0 Å². The summed E-state index contributed by atoms with van der Waals surface area (Å²) in [6, 6.07) is 1.71. The van der Waals surface area contributed by atoms with Gasteiger partial charge >= 0.3 is 0 Å². The smallest absolute Gasteiger partial charge is 0.251 e. The molecule has 1 amide bonds. The van der Waals surface area contributed by atoms with Gasteiger partial charge in [-0.05, 0) is 19.8 Å². The number of H-pyrrole nitrogens is 1. The fourth-order valence-corrected chi connectivity index (χ4v) is 2.86. The first-order chi connectivity index (χ1) is 10.5. The summed E-state index contributed by atoms with van der Waals surface area (Å²) in [6.07, 6.45) is 6.24. The number of hydrogen-bond donors (Lipinski definition) is 2. The van der Waals surface area contributed by atoms with Gasteiger partial charge in [-0.25, -0.2) is 4.98 Å². The summed E-state index contributed by atoms with van der Waals surface area (Å²) in [5, 5.41) is 3.50. The maximum Gasteiger partial charge on any atom is 0.251 e. The highest BCUT2D eigenvalue weighted by Crippen LogP contribution is 2.12. The summed E-state index contributed by atoms with van der Waals surface area (Å²) >= 11 is 1.27. The van der Waals surface area contributed by atoms with E-state index in [1.165, 1.54) is 30.7 Å². The van der Waals surface area contributed by atoms with Gasteiger partial charge < -0.3 is 10.3 Å². The molecule has 22 heavy (non-hydrogen) atoms. The summed E-state index contributed by atoms with van der Waals surface area (Å²) in [6.45, 7) is 6.24. The predicted octanol–water partition coefficient (Wildman–Crippen LogP) is 2.90. The van der Waals surface area contributed by atoms with E-state index in [9.17, 15) is 9.59 Å². The first kappa shape index (κ1) is 18.7. The largest absolute Gasteiger partial charge is 0.353 e. The van der Waals surface area contributed by atoms with Crippen LogP contribution in [0.4, 0.5) is 0 Å². The fraction of sp³-hybridized carbons (Fsp3) is 0.688. The molecule has 0 aliphatic rings. The molecule has 1 heterocycles. The van der Waals surface area contributed by atoms with Crippen LogP contribution in [0, 0.1) is 0 Å². The molecule has 0 fully saturated rings. The van der Waals surface area contributed by atoms with Gasteiger partial charge in [0.2, 0.25) is 5.91 Å². The monoisotopic (exact) mass is 325 g/mol. The lowest BCUT2D eigenvalue weighted by molar-refractivity contribution is -0.119. The highest BCUT2D eigenvalue weighted by Gasteiger charge is 2.09. The third kappa shape index (κ3) is 7.64. The van der Waals surface area contributed by atoms with Crippen LogP contribution in [0.5, 0.6) is 0 Å². The number of amides is 1. The third-order valence-corrected chi connectivity index (χ3v) is 4.14. The Bertz CT molecular complexity index is 516. The van der Waals surface area contributed by atoms with Crippen LogP contribution >= 0.6 is 11.8 Å². The first-order valence-electron chi connectivity index (χ1n) is 8.07. The van der Waals surface area contributed by atoms with Gasteiger partial charge in [-0.15, -0.1) is 0 Å². The van der Waals surface area contributed by atoms with Gasteiger partial charge in [0.15, 0.2) is 5.16 Å². The number of hydrogen-bond acceptors (Lipinski definition) is 4. The quantitative estimate of drug-likeness (QED) is 0.394. The molecule has 124 valence electrons. The maximum atomic E-state index is 11.9. The van der Waals surface area contributed by atoms with Crippen LogP contribution in [-0.2, 0) is 11.2 Å². The molecule has 0 unspecified atom stereocenters. The molecule has 1 aromatic heterocycles. The molecule has 0 radical (unpaired) electrons. The minimum absolute atomic E-state index is 0.0162. The van der Waals surface area contributed by atoms with E-state index in [0.717, 1.165) is 31.4 Å². The lowest BCUT2D eigenvalue weighted by atomic mass is 10.1. The minimum Gasteiger partial charge on any atom is -0.353 e. The SMILES string of the molecule is CCCCC[C@H](C)NC(=O)CSc1nc(CCC)cc(=O)[nH]1. The molecule has 5 nitrogen and oxygen atoms in total. The second-order valence-electron chi connectivity index (χ2n) is 5.54. The molecule has 6 heteroatoms. The average molecular weight is 325 g/mol. The number of aromatic nitrogens is 2. The van der Waals surface area contributed by atoms with Gasteiger partial charge in [-0.1, -0.05) is 51.3 Å². The first-order valence-corrected chi connectivity index (χ1v) is 9.06. The van der Waals surface area contributed by atoms with E-state index in [1.54, 1.807) is 0 Å². The fourth-order valence-electron chi connectivity index (χ4n) is 2.16. The second-order valence-corrected chi connectivity index (χ2v) is 6.51. The van der Waals surface area contributed by atoms with Crippen molar-refractivity contribution in [3.05, 3.63) is 22.1 Å². The number of carbonyl (C=O) groups excluding carboxylic acids is 1. The van der Waals surface area contributed by atoms with Crippen molar-refractivity contribution >= 4 is 17.7 Å². The van der Waals surface area contributed by atoms with Crippen LogP contribution < -0.4 is 10.9 Å². The van der Waals surface area contributed by atoms with Crippen molar-refractivity contribution in [3.63, 3.8) is 0 Å². The number of aryl methyl sites for hydroxylation is 1. The lowest BCUT2D eigenvalue weighted by Gasteiger charge is -2.13. The van der Waals surface area contributed by atoms with Gasteiger partial charge in [0.1, 0.15) is 0 Å². The summed E-state index contributed by atoms with van der Waals surface area (Å²) in [5.74, 6) is 0.258. The van der Waals surface area contributed by atoms with Crippen molar-refractivity contribution in [2.24, 2.45) is 0 Å². The van der Waals surface area contributed by atoms with Crippen LogP contribution in [0.25, 0.3) is 0 Å². The number of rotatable bonds is 10. The summed E-state index contributed by atoms with van der Waals surface area (Å²) in [4.78, 5) is 30.5. The second kappa shape index (κ2) is 10.4. The number of nitrogens with zero attached hydrogens (tertiary/aromatic N) is 1. The normalized spacial score (nSPS) is 12.1. The number of carbonyl (C=O) groups is 1. The van der Waals surface area contributed by atoms with Crippen molar-refractivity contribution in [2.75, 3.05) is 5.75 Å². The van der Waals surface area contributed by atoms with E-state index < -0.39 is 0 Å². The Kier molecular flexibility index (Phi) is 8.89. The summed E-state index contributed by atoms with van der Waals surface area (Å²) in [7, 11) is 0. The van der Waals surface area contributed by atoms with E-state index in [2.05, 4.69) is 22.2 Å². The average Bonchev–Trinajstić information content (AvgIpc) is 2.45. The molecule has 1 atom stereocenters. The molecule has 2 N–H and O–H groups in total. The van der Waals surface area contributed by atoms with Crippen LogP contribution in [0.2, 0.25) is 0 Å². The van der Waals surface area contributed by atoms with Crippen molar-refractivity contribution < 1.29 is 4.79 Å². The summed E-state index contributed by atoms with van der Waals surface area (Å²) < 4.78 is 0. The molecule has 1 rings (SSSR count). The molecular formula is C16H27N3O2S. The van der Waals surface area contributed by atoms with Gasteiger partial charge in [-0.2, -0.15) is 0 Å². The Balaban J connectivity index is 2.42. The van der Waals surface area contributed by atoms with Crippen LogP contribution in [0.1, 0.15) is 58.6 Å². The van der Waals surface area contributed by atoms with Crippen molar-refractivity contribution in [1.82, 2.24) is 15.3 Å². The van der Waals surface area contributed by atoms with Crippen LogP contribution in [-0.4, -0.2) is 27.7 Å². The van der Waals surface area contributed by atoms with Crippen molar-refractivity contribution in [2.45, 2.75) is 70.5 Å². The molecule has 0 aliphatic heterocycles. The molecule has 0 spiro atoms. The van der Waals surface area contributed by atoms with Gasteiger partial charge in [0, 0.05) is 17.8 Å². The maximum absolute atomic E-state index is 11.9. The number of nitrogens with one attached hydrogen (secondary N) is 2. The van der Waals surface area contributed by atoms with E-state index >= 15 is 0 Å². The molecule has 0 saturated heterocycles. The zero-order chi connectivity index (χ0) is 16.4. The zero-order valence-corrected chi connectivity index (χ0v) is 14.6. The molecule has 0 saturated carbocycles. The Labute approximate surface area is 136 Å². The Morgan fingerprint density at radius 3 is 2.82 bits per heavy atom. The highest BCUT2D eigenvalue weighted by atomic mass is 32.2. The highest BCUT2D eigenvalue weighted by molar-refractivity contribution is 7.99. The predicted molar refractivity (Wildman–Crippen MR) is 91.3 cm³/mol. The van der Waals surface area contributed by atoms with E-state index in [4.69, 9.17) is 0 Å². The van der Waals surface area contributed by atoms with E-state index in [0.29, 0.717) is 5.16 Å². The molecular weight excluding hydrogens is 298 g/mol. The Morgan fingerprint density at radius 1 is 1.36 bits per heavy atom. The number of thioether (sulfide) groups is 1. The molecule has 0 bridgehead atoms. The van der Waals surface area contributed by atoms with Gasteiger partial charge in [0.25, 0.3) is 5.56 Å². The molecule has 1 aromatic rings. The van der Waals surface area contributed by atoms with E-state index in [1.807, 2.05) is 13.8 Å². The summed E-state index contributed by atoms with van der Waals surface area (Å²) in [5.41, 5.74) is 0.622.